The number of hydrogen-bond acceptors (Lipinski definition) is 2. The molecule has 1 atom stereocenters. The van der Waals surface area contributed by atoms with Gasteiger partial charge in [0.1, 0.15) is 0 Å². The lowest BCUT2D eigenvalue weighted by Crippen LogP contribution is -2.10. The van der Waals surface area contributed by atoms with Crippen LogP contribution in [0.15, 0.2) is 28.1 Å². The fourth-order valence-electron chi connectivity index (χ4n) is 1.99. The van der Waals surface area contributed by atoms with Crippen molar-refractivity contribution < 1.29 is 0 Å². The van der Waals surface area contributed by atoms with Crippen LogP contribution in [-0.2, 0) is 0 Å². The molecule has 2 N–H and O–H groups in total. The van der Waals surface area contributed by atoms with E-state index in [-0.39, 0.29) is 6.04 Å². The molecule has 1 aromatic heterocycles. The minimum Gasteiger partial charge on any atom is -0.320 e. The molecule has 2 aromatic rings. The van der Waals surface area contributed by atoms with Crippen LogP contribution in [-0.4, -0.2) is 0 Å². The van der Waals surface area contributed by atoms with E-state index in [2.05, 4.69) is 61.0 Å². The molecule has 0 aliphatic carbocycles. The zero-order valence-electron chi connectivity index (χ0n) is 10.3. The maximum Gasteiger partial charge on any atom is 0.0731 e. The lowest BCUT2D eigenvalue weighted by Gasteiger charge is -2.12. The van der Waals surface area contributed by atoms with E-state index in [4.69, 9.17) is 5.73 Å². The smallest absolute Gasteiger partial charge is 0.0731 e. The summed E-state index contributed by atoms with van der Waals surface area (Å²) >= 11 is 5.27. The van der Waals surface area contributed by atoms with E-state index < -0.39 is 0 Å². The van der Waals surface area contributed by atoms with Crippen LogP contribution in [0.4, 0.5) is 0 Å². The van der Waals surface area contributed by atoms with Crippen LogP contribution in [0, 0.1) is 20.8 Å². The molecule has 0 aliphatic rings. The highest BCUT2D eigenvalue weighted by Gasteiger charge is 2.13. The molecule has 0 spiro atoms. The van der Waals surface area contributed by atoms with Crippen molar-refractivity contribution in [3.05, 3.63) is 55.2 Å². The van der Waals surface area contributed by atoms with Gasteiger partial charge in [0.25, 0.3) is 0 Å². The predicted octanol–water partition coefficient (Wildman–Crippen LogP) is 4.48. The lowest BCUT2D eigenvalue weighted by molar-refractivity contribution is 0.888. The molecule has 0 amide bonds. The molecular weight excluding hydrogens is 294 g/mol. The normalized spacial score (nSPS) is 12.8. The number of benzene rings is 1. The summed E-state index contributed by atoms with van der Waals surface area (Å²) in [6.45, 7) is 6.32. The van der Waals surface area contributed by atoms with Crippen molar-refractivity contribution in [1.29, 1.82) is 0 Å². The monoisotopic (exact) mass is 309 g/mol. The van der Waals surface area contributed by atoms with Gasteiger partial charge in [-0.1, -0.05) is 29.3 Å². The van der Waals surface area contributed by atoms with Crippen LogP contribution in [0.2, 0.25) is 0 Å². The molecule has 1 heterocycles. The van der Waals surface area contributed by atoms with Gasteiger partial charge < -0.3 is 5.73 Å². The van der Waals surface area contributed by atoms with Crippen molar-refractivity contribution in [2.24, 2.45) is 5.73 Å². The Morgan fingerprint density at radius 2 is 1.65 bits per heavy atom. The maximum absolute atomic E-state index is 6.33. The molecule has 0 radical (unpaired) electrons. The van der Waals surface area contributed by atoms with Crippen LogP contribution in [0.25, 0.3) is 0 Å². The quantitative estimate of drug-likeness (QED) is 0.869. The fourth-order valence-corrected chi connectivity index (χ4v) is 3.59. The van der Waals surface area contributed by atoms with Gasteiger partial charge >= 0.3 is 0 Å². The second-order valence-electron chi connectivity index (χ2n) is 4.50. The van der Waals surface area contributed by atoms with E-state index in [1.165, 1.54) is 30.9 Å². The molecule has 2 rings (SSSR count). The molecular formula is C14H16BrNS. The number of aryl methyl sites for hydroxylation is 3. The first kappa shape index (κ1) is 12.8. The van der Waals surface area contributed by atoms with E-state index in [1.54, 1.807) is 11.3 Å². The second-order valence-corrected chi connectivity index (χ2v) is 6.91. The molecule has 17 heavy (non-hydrogen) atoms. The summed E-state index contributed by atoms with van der Waals surface area (Å²) < 4.78 is 1.17. The topological polar surface area (TPSA) is 26.0 Å². The molecule has 1 nitrogen and oxygen atoms in total. The fraction of sp³-hybridized carbons (Fsp3) is 0.286. The third kappa shape index (κ3) is 2.79. The van der Waals surface area contributed by atoms with E-state index >= 15 is 0 Å². The van der Waals surface area contributed by atoms with E-state index in [0.717, 1.165) is 0 Å². The van der Waals surface area contributed by atoms with Crippen LogP contribution >= 0.6 is 27.3 Å². The summed E-state index contributed by atoms with van der Waals surface area (Å²) in [7, 11) is 0. The molecule has 1 unspecified atom stereocenters. The highest BCUT2D eigenvalue weighted by atomic mass is 79.9. The van der Waals surface area contributed by atoms with Gasteiger partial charge in [0.05, 0.1) is 9.83 Å². The Labute approximate surface area is 115 Å². The van der Waals surface area contributed by atoms with Gasteiger partial charge in [0, 0.05) is 4.88 Å². The highest BCUT2D eigenvalue weighted by Crippen LogP contribution is 2.33. The predicted molar refractivity (Wildman–Crippen MR) is 78.7 cm³/mol. The average Bonchev–Trinajstić information content (AvgIpc) is 2.57. The maximum atomic E-state index is 6.33. The molecule has 0 bridgehead atoms. The summed E-state index contributed by atoms with van der Waals surface area (Å²) in [4.78, 5) is 1.21. The third-order valence-electron chi connectivity index (χ3n) is 2.79. The summed E-state index contributed by atoms with van der Waals surface area (Å²) in [5.74, 6) is 0. The van der Waals surface area contributed by atoms with Crippen molar-refractivity contribution in [1.82, 2.24) is 0 Å². The van der Waals surface area contributed by atoms with Crippen molar-refractivity contribution in [2.45, 2.75) is 26.8 Å². The van der Waals surface area contributed by atoms with Gasteiger partial charge in [-0.05, 0) is 53.9 Å². The van der Waals surface area contributed by atoms with E-state index in [9.17, 15) is 0 Å². The average molecular weight is 310 g/mol. The molecule has 90 valence electrons. The van der Waals surface area contributed by atoms with Crippen molar-refractivity contribution in [3.63, 3.8) is 0 Å². The number of halogens is 1. The van der Waals surface area contributed by atoms with E-state index in [0.29, 0.717) is 0 Å². The third-order valence-corrected chi connectivity index (χ3v) is 5.01. The van der Waals surface area contributed by atoms with Crippen molar-refractivity contribution >= 4 is 27.3 Å². The highest BCUT2D eigenvalue weighted by molar-refractivity contribution is 9.11. The standard InChI is InChI=1S/C14H16BrNS/c1-8-4-9(2)6-11(5-8)13(16)12-7-10(3)14(15)17-12/h4-7,13H,16H2,1-3H3. The molecule has 1 aromatic carbocycles. The molecule has 0 fully saturated rings. The Bertz CT molecular complexity index is 505. The minimum atomic E-state index is -0.0244. The van der Waals surface area contributed by atoms with Crippen molar-refractivity contribution in [2.75, 3.05) is 0 Å². The van der Waals surface area contributed by atoms with Crippen LogP contribution in [0.1, 0.15) is 33.2 Å². The SMILES string of the molecule is Cc1cc(C)cc(C(N)c2cc(C)c(Br)s2)c1. The van der Waals surface area contributed by atoms with Crippen LogP contribution in [0.5, 0.6) is 0 Å². The van der Waals surface area contributed by atoms with Crippen LogP contribution in [0.3, 0.4) is 0 Å². The summed E-state index contributed by atoms with van der Waals surface area (Å²) in [6.07, 6.45) is 0. The Kier molecular flexibility index (Phi) is 3.71. The first-order chi connectivity index (χ1) is 7.97. The summed E-state index contributed by atoms with van der Waals surface area (Å²) in [6, 6.07) is 8.65. The Morgan fingerprint density at radius 1 is 1.06 bits per heavy atom. The Hall–Kier alpha value is -0.640. The zero-order chi connectivity index (χ0) is 12.6. The van der Waals surface area contributed by atoms with Gasteiger partial charge in [-0.15, -0.1) is 11.3 Å². The van der Waals surface area contributed by atoms with Gasteiger partial charge in [-0.3, -0.25) is 0 Å². The molecule has 0 saturated carbocycles. The molecule has 3 heteroatoms. The number of rotatable bonds is 2. The summed E-state index contributed by atoms with van der Waals surface area (Å²) in [5.41, 5.74) is 11.3. The lowest BCUT2D eigenvalue weighted by atomic mass is 10.0. The van der Waals surface area contributed by atoms with Gasteiger partial charge in [0.2, 0.25) is 0 Å². The van der Waals surface area contributed by atoms with Crippen molar-refractivity contribution in [3.8, 4) is 0 Å². The number of hydrogen-bond donors (Lipinski definition) is 1. The Balaban J connectivity index is 2.39. The van der Waals surface area contributed by atoms with Gasteiger partial charge in [-0.2, -0.15) is 0 Å². The molecule has 0 saturated heterocycles. The zero-order valence-corrected chi connectivity index (χ0v) is 12.7. The Morgan fingerprint density at radius 3 is 2.12 bits per heavy atom. The van der Waals surface area contributed by atoms with E-state index in [1.807, 2.05) is 0 Å². The molecule has 0 aliphatic heterocycles. The van der Waals surface area contributed by atoms with Gasteiger partial charge in [-0.25, -0.2) is 0 Å². The first-order valence-corrected chi connectivity index (χ1v) is 7.18. The second kappa shape index (κ2) is 4.92. The first-order valence-electron chi connectivity index (χ1n) is 5.57. The largest absolute Gasteiger partial charge is 0.320 e. The number of nitrogens with two attached hydrogens (primary N) is 1. The van der Waals surface area contributed by atoms with Gasteiger partial charge in [0.15, 0.2) is 0 Å². The minimum absolute atomic E-state index is 0.0244. The summed E-state index contributed by atoms with van der Waals surface area (Å²) in [5, 5.41) is 0. The van der Waals surface area contributed by atoms with Crippen LogP contribution < -0.4 is 5.73 Å². The number of thiophene rings is 1.